The topological polar surface area (TPSA) is 44.8 Å². The minimum atomic E-state index is -0.116. The largest absolute Gasteiger partial charge is 0.497 e. The van der Waals surface area contributed by atoms with Gasteiger partial charge in [0.25, 0.3) is 0 Å². The van der Waals surface area contributed by atoms with Crippen molar-refractivity contribution in [3.8, 4) is 5.75 Å². The van der Waals surface area contributed by atoms with Gasteiger partial charge in [-0.05, 0) is 30.2 Å². The van der Waals surface area contributed by atoms with Gasteiger partial charge in [-0.2, -0.15) is 0 Å². The minimum Gasteiger partial charge on any atom is -0.497 e. The first-order chi connectivity index (χ1) is 14.2. The van der Waals surface area contributed by atoms with Gasteiger partial charge in [0, 0.05) is 39.3 Å². The zero-order valence-corrected chi connectivity index (χ0v) is 17.4. The summed E-state index contributed by atoms with van der Waals surface area (Å²) in [5.41, 5.74) is 2.30. The Morgan fingerprint density at radius 3 is 2.41 bits per heavy atom. The molecule has 1 fully saturated rings. The van der Waals surface area contributed by atoms with Crippen molar-refractivity contribution < 1.29 is 9.53 Å². The smallest absolute Gasteiger partial charge is 0.237 e. The molecule has 0 aromatic heterocycles. The van der Waals surface area contributed by atoms with Crippen molar-refractivity contribution in [2.24, 2.45) is 0 Å². The Balaban J connectivity index is 1.38. The number of nitrogens with one attached hydrogen (secondary N) is 1. The molecule has 5 heteroatoms. The quantitative estimate of drug-likeness (QED) is 0.749. The van der Waals surface area contributed by atoms with Crippen molar-refractivity contribution >= 4 is 12.0 Å². The molecule has 0 radical (unpaired) electrons. The fraction of sp³-hybridized carbons (Fsp3) is 0.375. The van der Waals surface area contributed by atoms with Crippen LogP contribution in [0, 0.1) is 0 Å². The Bertz CT molecular complexity index is 782. The highest BCUT2D eigenvalue weighted by atomic mass is 16.5. The monoisotopic (exact) mass is 393 g/mol. The second-order valence-electron chi connectivity index (χ2n) is 7.39. The molecule has 5 nitrogen and oxygen atoms in total. The zero-order valence-electron chi connectivity index (χ0n) is 17.4. The van der Waals surface area contributed by atoms with E-state index < -0.39 is 0 Å². The lowest BCUT2D eigenvalue weighted by Gasteiger charge is -2.37. The number of carbonyl (C=O) groups excluding carboxylic acids is 1. The van der Waals surface area contributed by atoms with E-state index in [0.29, 0.717) is 6.54 Å². The number of carbonyl (C=O) groups is 1. The average Bonchev–Trinajstić information content (AvgIpc) is 2.78. The normalized spacial score (nSPS) is 16.6. The van der Waals surface area contributed by atoms with Crippen LogP contribution < -0.4 is 10.1 Å². The molecule has 1 aliphatic rings. The van der Waals surface area contributed by atoms with Gasteiger partial charge < -0.3 is 10.1 Å². The fourth-order valence-corrected chi connectivity index (χ4v) is 3.48. The maximum atomic E-state index is 12.5. The summed E-state index contributed by atoms with van der Waals surface area (Å²) in [6, 6.07) is 18.0. The van der Waals surface area contributed by atoms with Gasteiger partial charge >= 0.3 is 0 Å². The average molecular weight is 394 g/mol. The van der Waals surface area contributed by atoms with Gasteiger partial charge in [-0.15, -0.1) is 0 Å². The third-order valence-electron chi connectivity index (χ3n) is 5.43. The predicted molar refractivity (Wildman–Crippen MR) is 118 cm³/mol. The predicted octanol–water partition coefficient (Wildman–Crippen LogP) is 3.03. The van der Waals surface area contributed by atoms with E-state index in [1.165, 1.54) is 5.56 Å². The summed E-state index contributed by atoms with van der Waals surface area (Å²) in [6.45, 7) is 7.27. The number of amides is 1. The number of rotatable bonds is 8. The van der Waals surface area contributed by atoms with Crippen LogP contribution in [0.3, 0.4) is 0 Å². The Morgan fingerprint density at radius 2 is 1.76 bits per heavy atom. The highest BCUT2D eigenvalue weighted by molar-refractivity contribution is 5.81. The maximum absolute atomic E-state index is 12.5. The SMILES string of the molecule is COc1ccc(CNC(=O)C(C)N2CCN(CC=Cc3ccccc3)CC2)cc1. The Kier molecular flexibility index (Phi) is 7.85. The van der Waals surface area contributed by atoms with E-state index in [-0.39, 0.29) is 11.9 Å². The van der Waals surface area contributed by atoms with E-state index in [9.17, 15) is 4.79 Å². The van der Waals surface area contributed by atoms with E-state index in [0.717, 1.165) is 44.0 Å². The molecule has 0 saturated carbocycles. The molecule has 0 bridgehead atoms. The van der Waals surface area contributed by atoms with Crippen molar-refractivity contribution in [3.05, 3.63) is 71.8 Å². The molecule has 1 heterocycles. The number of nitrogens with zero attached hydrogens (tertiary/aromatic N) is 2. The number of ether oxygens (including phenoxy) is 1. The number of piperazine rings is 1. The Hall–Kier alpha value is -2.63. The van der Waals surface area contributed by atoms with Gasteiger partial charge in [0.15, 0.2) is 0 Å². The first kappa shape index (κ1) is 21.1. The molecule has 1 saturated heterocycles. The molecule has 1 unspecified atom stereocenters. The molecular weight excluding hydrogens is 362 g/mol. The van der Waals surface area contributed by atoms with Gasteiger partial charge in [-0.25, -0.2) is 0 Å². The molecule has 2 aromatic rings. The molecule has 1 atom stereocenters. The van der Waals surface area contributed by atoms with E-state index in [4.69, 9.17) is 4.74 Å². The molecular formula is C24H31N3O2. The summed E-state index contributed by atoms with van der Waals surface area (Å²) < 4.78 is 5.17. The van der Waals surface area contributed by atoms with Crippen LogP contribution in [0.15, 0.2) is 60.7 Å². The molecule has 2 aromatic carbocycles. The maximum Gasteiger partial charge on any atom is 0.237 e. The molecule has 0 aliphatic carbocycles. The van der Waals surface area contributed by atoms with Crippen LogP contribution in [0.1, 0.15) is 18.1 Å². The lowest BCUT2D eigenvalue weighted by atomic mass is 10.2. The number of benzene rings is 2. The number of hydrogen-bond acceptors (Lipinski definition) is 4. The zero-order chi connectivity index (χ0) is 20.5. The Labute approximate surface area is 174 Å². The molecule has 1 aliphatic heterocycles. The van der Waals surface area contributed by atoms with E-state index in [1.807, 2.05) is 37.3 Å². The summed E-state index contributed by atoms with van der Waals surface area (Å²) in [5.74, 6) is 0.906. The van der Waals surface area contributed by atoms with Gasteiger partial charge in [-0.1, -0.05) is 54.6 Å². The van der Waals surface area contributed by atoms with E-state index in [1.54, 1.807) is 7.11 Å². The van der Waals surface area contributed by atoms with Crippen LogP contribution in [0.4, 0.5) is 0 Å². The van der Waals surface area contributed by atoms with Crippen molar-refractivity contribution in [2.75, 3.05) is 39.8 Å². The molecule has 154 valence electrons. The van der Waals surface area contributed by atoms with Crippen molar-refractivity contribution in [2.45, 2.75) is 19.5 Å². The summed E-state index contributed by atoms with van der Waals surface area (Å²) in [5, 5.41) is 3.05. The third-order valence-corrected chi connectivity index (χ3v) is 5.43. The van der Waals surface area contributed by atoms with Crippen LogP contribution in [0.2, 0.25) is 0 Å². The third kappa shape index (κ3) is 6.44. The van der Waals surface area contributed by atoms with Crippen LogP contribution in [0.25, 0.3) is 6.08 Å². The van der Waals surface area contributed by atoms with Crippen LogP contribution in [-0.4, -0.2) is 61.6 Å². The molecule has 0 spiro atoms. The van der Waals surface area contributed by atoms with E-state index >= 15 is 0 Å². The lowest BCUT2D eigenvalue weighted by Crippen LogP contribution is -2.53. The fourth-order valence-electron chi connectivity index (χ4n) is 3.48. The second kappa shape index (κ2) is 10.8. The van der Waals surface area contributed by atoms with Gasteiger partial charge in [0.1, 0.15) is 5.75 Å². The molecule has 29 heavy (non-hydrogen) atoms. The van der Waals surface area contributed by atoms with Gasteiger partial charge in [-0.3, -0.25) is 14.6 Å². The first-order valence-electron chi connectivity index (χ1n) is 10.2. The summed E-state index contributed by atoms with van der Waals surface area (Å²) in [4.78, 5) is 17.2. The van der Waals surface area contributed by atoms with Crippen LogP contribution in [-0.2, 0) is 11.3 Å². The first-order valence-corrected chi connectivity index (χ1v) is 10.2. The highest BCUT2D eigenvalue weighted by Crippen LogP contribution is 2.12. The van der Waals surface area contributed by atoms with Crippen LogP contribution >= 0.6 is 0 Å². The van der Waals surface area contributed by atoms with Crippen molar-refractivity contribution in [1.82, 2.24) is 15.1 Å². The molecule has 1 N–H and O–H groups in total. The van der Waals surface area contributed by atoms with E-state index in [2.05, 4.69) is 51.5 Å². The highest BCUT2D eigenvalue weighted by Gasteiger charge is 2.24. The number of methoxy groups -OCH3 is 1. The van der Waals surface area contributed by atoms with Crippen LogP contribution in [0.5, 0.6) is 5.75 Å². The van der Waals surface area contributed by atoms with Crippen molar-refractivity contribution in [3.63, 3.8) is 0 Å². The minimum absolute atomic E-state index is 0.0817. The summed E-state index contributed by atoms with van der Waals surface area (Å²) in [6.07, 6.45) is 4.39. The van der Waals surface area contributed by atoms with Crippen molar-refractivity contribution in [1.29, 1.82) is 0 Å². The summed E-state index contributed by atoms with van der Waals surface area (Å²) in [7, 11) is 1.65. The summed E-state index contributed by atoms with van der Waals surface area (Å²) >= 11 is 0. The molecule has 1 amide bonds. The Morgan fingerprint density at radius 1 is 1.07 bits per heavy atom. The number of hydrogen-bond donors (Lipinski definition) is 1. The van der Waals surface area contributed by atoms with Gasteiger partial charge in [0.2, 0.25) is 5.91 Å². The van der Waals surface area contributed by atoms with Gasteiger partial charge in [0.05, 0.1) is 13.2 Å². The molecule has 3 rings (SSSR count). The lowest BCUT2D eigenvalue weighted by molar-refractivity contribution is -0.126. The standard InChI is InChI=1S/C24H31N3O2/c1-20(24(28)25-19-22-10-12-23(29-2)13-11-22)27-17-15-26(16-18-27)14-6-9-21-7-4-3-5-8-21/h3-13,20H,14-19H2,1-2H3,(H,25,28). The second-order valence-corrected chi connectivity index (χ2v) is 7.39.